The largest absolute Gasteiger partial charge is 0.303 e. The maximum Gasteiger partial charge on any atom is 0.264 e. The van der Waals surface area contributed by atoms with Crippen LogP contribution in [0.2, 0.25) is 0 Å². The predicted molar refractivity (Wildman–Crippen MR) is 82.3 cm³/mol. The molecule has 2 heterocycles. The molecule has 0 saturated heterocycles. The Labute approximate surface area is 125 Å². The molecule has 0 aromatic carbocycles. The third-order valence-corrected chi connectivity index (χ3v) is 3.76. The SMILES string of the molecule is Cc1cc(CCOS(C)(=O)=O)nc(-n2c(C)ccc2C)c1. The van der Waals surface area contributed by atoms with Gasteiger partial charge in [0.2, 0.25) is 0 Å². The van der Waals surface area contributed by atoms with Crippen molar-refractivity contribution in [3.63, 3.8) is 0 Å². The van der Waals surface area contributed by atoms with E-state index in [9.17, 15) is 8.42 Å². The summed E-state index contributed by atoms with van der Waals surface area (Å²) in [6, 6.07) is 8.06. The van der Waals surface area contributed by atoms with E-state index in [1.165, 1.54) is 0 Å². The summed E-state index contributed by atoms with van der Waals surface area (Å²) in [7, 11) is -3.40. The summed E-state index contributed by atoms with van der Waals surface area (Å²) in [4.78, 5) is 4.61. The molecule has 2 aromatic heterocycles. The zero-order valence-electron chi connectivity index (χ0n) is 12.8. The Morgan fingerprint density at radius 1 is 1.14 bits per heavy atom. The van der Waals surface area contributed by atoms with Gasteiger partial charge in [-0.3, -0.25) is 4.18 Å². The molecule has 0 fully saturated rings. The van der Waals surface area contributed by atoms with Crippen molar-refractivity contribution in [1.82, 2.24) is 9.55 Å². The van der Waals surface area contributed by atoms with Crippen LogP contribution in [0.15, 0.2) is 24.3 Å². The number of hydrogen-bond donors (Lipinski definition) is 0. The van der Waals surface area contributed by atoms with Crippen molar-refractivity contribution in [2.24, 2.45) is 0 Å². The molecule has 0 spiro atoms. The molecule has 0 aliphatic heterocycles. The molecule has 0 aliphatic carbocycles. The first kappa shape index (κ1) is 15.7. The van der Waals surface area contributed by atoms with E-state index in [-0.39, 0.29) is 6.61 Å². The Balaban J connectivity index is 2.26. The van der Waals surface area contributed by atoms with Crippen LogP contribution < -0.4 is 0 Å². The number of pyridine rings is 1. The van der Waals surface area contributed by atoms with Crippen molar-refractivity contribution in [2.75, 3.05) is 12.9 Å². The quantitative estimate of drug-likeness (QED) is 0.795. The summed E-state index contributed by atoms with van der Waals surface area (Å²) in [5, 5.41) is 0. The highest BCUT2D eigenvalue weighted by Crippen LogP contribution is 2.16. The van der Waals surface area contributed by atoms with Crippen LogP contribution in [-0.2, 0) is 20.7 Å². The lowest BCUT2D eigenvalue weighted by Gasteiger charge is -2.11. The van der Waals surface area contributed by atoms with Gasteiger partial charge in [0.05, 0.1) is 12.9 Å². The van der Waals surface area contributed by atoms with Crippen molar-refractivity contribution in [3.8, 4) is 5.82 Å². The summed E-state index contributed by atoms with van der Waals surface area (Å²) in [5.41, 5.74) is 4.14. The Morgan fingerprint density at radius 2 is 1.76 bits per heavy atom. The highest BCUT2D eigenvalue weighted by molar-refractivity contribution is 7.85. The molecular formula is C15H20N2O3S. The molecule has 0 bridgehead atoms. The lowest BCUT2D eigenvalue weighted by atomic mass is 10.2. The molecule has 0 amide bonds. The second-order valence-electron chi connectivity index (χ2n) is 5.22. The van der Waals surface area contributed by atoms with E-state index in [4.69, 9.17) is 4.18 Å². The first-order chi connectivity index (χ1) is 9.76. The van der Waals surface area contributed by atoms with Gasteiger partial charge in [-0.2, -0.15) is 8.42 Å². The highest BCUT2D eigenvalue weighted by Gasteiger charge is 2.08. The molecule has 0 radical (unpaired) electrons. The van der Waals surface area contributed by atoms with Crippen LogP contribution in [0.5, 0.6) is 0 Å². The summed E-state index contributed by atoms with van der Waals surface area (Å²) in [6.45, 7) is 6.17. The monoisotopic (exact) mass is 308 g/mol. The Hall–Kier alpha value is -1.66. The van der Waals surface area contributed by atoms with Gasteiger partial charge in [-0.25, -0.2) is 4.98 Å². The van der Waals surface area contributed by atoms with E-state index in [1.54, 1.807) is 0 Å². The highest BCUT2D eigenvalue weighted by atomic mass is 32.2. The van der Waals surface area contributed by atoms with Crippen LogP contribution in [0.25, 0.3) is 5.82 Å². The molecule has 114 valence electrons. The molecule has 0 unspecified atom stereocenters. The van der Waals surface area contributed by atoms with Crippen LogP contribution in [0, 0.1) is 20.8 Å². The molecule has 6 heteroatoms. The average molecular weight is 308 g/mol. The first-order valence-corrected chi connectivity index (χ1v) is 8.55. The van der Waals surface area contributed by atoms with Gasteiger partial charge in [0.15, 0.2) is 0 Å². The van der Waals surface area contributed by atoms with Crippen LogP contribution in [0.3, 0.4) is 0 Å². The zero-order valence-corrected chi connectivity index (χ0v) is 13.6. The lowest BCUT2D eigenvalue weighted by Crippen LogP contribution is -2.09. The fourth-order valence-electron chi connectivity index (χ4n) is 2.29. The van der Waals surface area contributed by atoms with Crippen molar-refractivity contribution in [2.45, 2.75) is 27.2 Å². The molecule has 0 atom stereocenters. The maximum absolute atomic E-state index is 11.0. The van der Waals surface area contributed by atoms with E-state index in [1.807, 2.05) is 45.0 Å². The smallest absolute Gasteiger partial charge is 0.264 e. The number of rotatable bonds is 5. The third-order valence-electron chi connectivity index (χ3n) is 3.17. The van der Waals surface area contributed by atoms with Gasteiger partial charge in [-0.15, -0.1) is 0 Å². The molecule has 2 rings (SSSR count). The van der Waals surface area contributed by atoms with Crippen molar-refractivity contribution in [3.05, 3.63) is 46.9 Å². The maximum atomic E-state index is 11.0. The first-order valence-electron chi connectivity index (χ1n) is 6.73. The van der Waals surface area contributed by atoms with Crippen LogP contribution in [-0.4, -0.2) is 30.8 Å². The summed E-state index contributed by atoms with van der Waals surface area (Å²) in [5.74, 6) is 0.851. The molecule has 0 N–H and O–H groups in total. The molecular weight excluding hydrogens is 288 g/mol. The number of hydrogen-bond acceptors (Lipinski definition) is 4. The van der Waals surface area contributed by atoms with E-state index in [0.717, 1.165) is 34.7 Å². The van der Waals surface area contributed by atoms with Gasteiger partial charge in [0.1, 0.15) is 5.82 Å². The minimum atomic E-state index is -3.40. The van der Waals surface area contributed by atoms with E-state index in [2.05, 4.69) is 9.55 Å². The van der Waals surface area contributed by atoms with Gasteiger partial charge in [-0.1, -0.05) is 0 Å². The van der Waals surface area contributed by atoms with Crippen LogP contribution in [0.1, 0.15) is 22.6 Å². The zero-order chi connectivity index (χ0) is 15.6. The minimum absolute atomic E-state index is 0.109. The van der Waals surface area contributed by atoms with E-state index >= 15 is 0 Å². The lowest BCUT2D eigenvalue weighted by molar-refractivity contribution is 0.324. The second kappa shape index (κ2) is 5.99. The predicted octanol–water partition coefficient (Wildman–Crippen LogP) is 2.32. The molecule has 2 aromatic rings. The van der Waals surface area contributed by atoms with Gasteiger partial charge in [-0.05, 0) is 50.6 Å². The summed E-state index contributed by atoms with van der Waals surface area (Å²) < 4.78 is 28.8. The molecule has 0 aliphatic rings. The van der Waals surface area contributed by atoms with Crippen molar-refractivity contribution < 1.29 is 12.6 Å². The van der Waals surface area contributed by atoms with Crippen LogP contribution >= 0.6 is 0 Å². The molecule has 5 nitrogen and oxygen atoms in total. The van der Waals surface area contributed by atoms with Crippen molar-refractivity contribution in [1.29, 1.82) is 0 Å². The normalized spacial score (nSPS) is 11.8. The Kier molecular flexibility index (Phi) is 4.49. The summed E-state index contributed by atoms with van der Waals surface area (Å²) >= 11 is 0. The minimum Gasteiger partial charge on any atom is -0.303 e. The fourth-order valence-corrected chi connectivity index (χ4v) is 2.68. The standard InChI is InChI=1S/C15H20N2O3S/c1-11-9-14(7-8-20-21(4,18)19)16-15(10-11)17-12(2)5-6-13(17)3/h5-6,9-10H,7-8H2,1-4H3. The third kappa shape index (κ3) is 4.15. The molecule has 0 saturated carbocycles. The fraction of sp³-hybridized carbons (Fsp3) is 0.400. The number of aryl methyl sites for hydroxylation is 3. The second-order valence-corrected chi connectivity index (χ2v) is 6.87. The van der Waals surface area contributed by atoms with Gasteiger partial charge in [0.25, 0.3) is 10.1 Å². The summed E-state index contributed by atoms with van der Waals surface area (Å²) in [6.07, 6.45) is 1.51. The van der Waals surface area contributed by atoms with Crippen molar-refractivity contribution >= 4 is 10.1 Å². The number of aromatic nitrogens is 2. The van der Waals surface area contributed by atoms with Crippen LogP contribution in [0.4, 0.5) is 0 Å². The topological polar surface area (TPSA) is 61.2 Å². The van der Waals surface area contributed by atoms with Gasteiger partial charge in [0, 0.05) is 23.5 Å². The van der Waals surface area contributed by atoms with E-state index < -0.39 is 10.1 Å². The van der Waals surface area contributed by atoms with Gasteiger partial charge >= 0.3 is 0 Å². The van der Waals surface area contributed by atoms with E-state index in [0.29, 0.717) is 6.42 Å². The van der Waals surface area contributed by atoms with Gasteiger partial charge < -0.3 is 4.57 Å². The number of nitrogens with zero attached hydrogens (tertiary/aromatic N) is 2. The average Bonchev–Trinajstić information content (AvgIpc) is 2.66. The molecule has 21 heavy (non-hydrogen) atoms. The Bertz CT molecular complexity index is 729. The Morgan fingerprint density at radius 3 is 2.33 bits per heavy atom.